The third-order valence-corrected chi connectivity index (χ3v) is 1.76. The van der Waals surface area contributed by atoms with Crippen molar-refractivity contribution in [1.29, 1.82) is 0 Å². The number of hydrogen-bond acceptors (Lipinski definition) is 2. The van der Waals surface area contributed by atoms with Crippen molar-refractivity contribution < 1.29 is 13.9 Å². The molecule has 0 heterocycles. The molecular formula is C9H6BrFO2. The molecule has 0 saturated carbocycles. The molecular weight excluding hydrogens is 239 g/mol. The minimum absolute atomic E-state index is 0.104. The van der Waals surface area contributed by atoms with Crippen molar-refractivity contribution in [3.05, 3.63) is 41.1 Å². The lowest BCUT2D eigenvalue weighted by atomic mass is 10.3. The van der Waals surface area contributed by atoms with Gasteiger partial charge in [-0.1, -0.05) is 22.5 Å². The van der Waals surface area contributed by atoms with Crippen LogP contribution in [0.1, 0.15) is 0 Å². The Balaban J connectivity index is 2.89. The third-order valence-electron chi connectivity index (χ3n) is 1.27. The SMILES string of the molecule is C=CC(=O)Oc1ccc(Br)cc1F. The lowest BCUT2D eigenvalue weighted by Gasteiger charge is -2.02. The summed E-state index contributed by atoms with van der Waals surface area (Å²) in [5, 5.41) is 0. The molecule has 1 rings (SSSR count). The molecule has 0 amide bonds. The van der Waals surface area contributed by atoms with Crippen LogP contribution in [0.15, 0.2) is 35.3 Å². The van der Waals surface area contributed by atoms with Crippen LogP contribution < -0.4 is 4.74 Å². The monoisotopic (exact) mass is 244 g/mol. The summed E-state index contributed by atoms with van der Waals surface area (Å²) in [6, 6.07) is 4.15. The predicted molar refractivity (Wildman–Crippen MR) is 49.9 cm³/mol. The van der Waals surface area contributed by atoms with Gasteiger partial charge in [0.2, 0.25) is 0 Å². The number of esters is 1. The van der Waals surface area contributed by atoms with Crippen LogP contribution in [0.4, 0.5) is 4.39 Å². The molecule has 1 aromatic rings. The zero-order valence-corrected chi connectivity index (χ0v) is 8.17. The summed E-state index contributed by atoms with van der Waals surface area (Å²) in [5.41, 5.74) is 0. The second kappa shape index (κ2) is 4.18. The molecule has 0 radical (unpaired) electrons. The van der Waals surface area contributed by atoms with E-state index >= 15 is 0 Å². The van der Waals surface area contributed by atoms with E-state index in [1.54, 1.807) is 6.07 Å². The summed E-state index contributed by atoms with van der Waals surface area (Å²) in [5.74, 6) is -1.38. The molecule has 0 aliphatic rings. The smallest absolute Gasteiger partial charge is 0.335 e. The van der Waals surface area contributed by atoms with Crippen LogP contribution in [-0.2, 0) is 4.79 Å². The summed E-state index contributed by atoms with van der Waals surface area (Å²) in [6.45, 7) is 3.20. The van der Waals surface area contributed by atoms with Gasteiger partial charge >= 0.3 is 5.97 Å². The first kappa shape index (κ1) is 9.92. The molecule has 0 aliphatic carbocycles. The molecule has 1 aromatic carbocycles. The molecule has 0 N–H and O–H groups in total. The van der Waals surface area contributed by atoms with Gasteiger partial charge in [-0.15, -0.1) is 0 Å². The van der Waals surface area contributed by atoms with E-state index in [1.807, 2.05) is 0 Å². The minimum Gasteiger partial charge on any atom is -0.420 e. The summed E-state index contributed by atoms with van der Waals surface area (Å²) >= 11 is 3.08. The average molecular weight is 245 g/mol. The number of ether oxygens (including phenoxy) is 1. The minimum atomic E-state index is -0.679. The van der Waals surface area contributed by atoms with Gasteiger partial charge in [-0.3, -0.25) is 0 Å². The van der Waals surface area contributed by atoms with Crippen molar-refractivity contribution in [1.82, 2.24) is 0 Å². The molecule has 4 heteroatoms. The van der Waals surface area contributed by atoms with Gasteiger partial charge in [0.25, 0.3) is 0 Å². The van der Waals surface area contributed by atoms with E-state index in [1.165, 1.54) is 12.1 Å². The number of benzene rings is 1. The van der Waals surface area contributed by atoms with Crippen LogP contribution in [0, 0.1) is 5.82 Å². The zero-order chi connectivity index (χ0) is 9.84. The number of carbonyl (C=O) groups is 1. The van der Waals surface area contributed by atoms with Gasteiger partial charge in [0.1, 0.15) is 0 Å². The Labute approximate surface area is 83.1 Å². The van der Waals surface area contributed by atoms with E-state index in [0.717, 1.165) is 6.08 Å². The average Bonchev–Trinajstić information content (AvgIpc) is 2.09. The summed E-state index contributed by atoms with van der Waals surface area (Å²) in [7, 11) is 0. The molecule has 2 nitrogen and oxygen atoms in total. The first-order chi connectivity index (χ1) is 6.13. The second-order valence-corrected chi connectivity index (χ2v) is 3.12. The Bertz CT molecular complexity index is 349. The van der Waals surface area contributed by atoms with Gasteiger partial charge in [0.05, 0.1) is 0 Å². The summed E-state index contributed by atoms with van der Waals surface area (Å²) < 4.78 is 18.2. The highest BCUT2D eigenvalue weighted by atomic mass is 79.9. The van der Waals surface area contributed by atoms with Crippen LogP contribution in [0.3, 0.4) is 0 Å². The Kier molecular flexibility index (Phi) is 3.19. The molecule has 0 unspecified atom stereocenters. The predicted octanol–water partition coefficient (Wildman–Crippen LogP) is 2.68. The van der Waals surface area contributed by atoms with Gasteiger partial charge in [0, 0.05) is 10.5 Å². The maximum absolute atomic E-state index is 13.0. The van der Waals surface area contributed by atoms with E-state index in [9.17, 15) is 9.18 Å². The van der Waals surface area contributed by atoms with Crippen molar-refractivity contribution in [3.63, 3.8) is 0 Å². The fourth-order valence-corrected chi connectivity index (χ4v) is 1.04. The molecule has 0 spiro atoms. The zero-order valence-electron chi connectivity index (χ0n) is 6.59. The first-order valence-corrected chi connectivity index (χ1v) is 4.22. The highest BCUT2D eigenvalue weighted by Gasteiger charge is 2.06. The van der Waals surface area contributed by atoms with E-state index in [4.69, 9.17) is 0 Å². The number of carbonyl (C=O) groups excluding carboxylic acids is 1. The highest BCUT2D eigenvalue weighted by molar-refractivity contribution is 9.10. The van der Waals surface area contributed by atoms with Gasteiger partial charge in [-0.25, -0.2) is 9.18 Å². The van der Waals surface area contributed by atoms with Gasteiger partial charge < -0.3 is 4.74 Å². The highest BCUT2D eigenvalue weighted by Crippen LogP contribution is 2.21. The van der Waals surface area contributed by atoms with Crippen molar-refractivity contribution in [3.8, 4) is 5.75 Å². The van der Waals surface area contributed by atoms with Crippen LogP contribution in [-0.4, -0.2) is 5.97 Å². The lowest BCUT2D eigenvalue weighted by Crippen LogP contribution is -2.04. The molecule has 0 aromatic heterocycles. The topological polar surface area (TPSA) is 26.3 Å². The van der Waals surface area contributed by atoms with Gasteiger partial charge in [-0.05, 0) is 18.2 Å². The van der Waals surface area contributed by atoms with Crippen molar-refractivity contribution in [2.24, 2.45) is 0 Å². The fraction of sp³-hybridized carbons (Fsp3) is 0. The summed E-state index contributed by atoms with van der Waals surface area (Å²) in [6.07, 6.45) is 0.974. The Morgan fingerprint density at radius 1 is 1.62 bits per heavy atom. The van der Waals surface area contributed by atoms with Crippen molar-refractivity contribution in [2.75, 3.05) is 0 Å². The van der Waals surface area contributed by atoms with E-state index in [0.29, 0.717) is 4.47 Å². The molecule has 0 fully saturated rings. The maximum atomic E-state index is 13.0. The number of halogens is 2. The van der Waals surface area contributed by atoms with Crippen LogP contribution in [0.25, 0.3) is 0 Å². The van der Waals surface area contributed by atoms with Crippen LogP contribution in [0.5, 0.6) is 5.75 Å². The molecule has 0 bridgehead atoms. The standard InChI is InChI=1S/C9H6BrFO2/c1-2-9(12)13-8-4-3-6(10)5-7(8)11/h2-5H,1H2. The molecule has 0 aliphatic heterocycles. The second-order valence-electron chi connectivity index (χ2n) is 2.20. The van der Waals surface area contributed by atoms with Crippen LogP contribution in [0.2, 0.25) is 0 Å². The maximum Gasteiger partial charge on any atom is 0.335 e. The number of hydrogen-bond donors (Lipinski definition) is 0. The van der Waals surface area contributed by atoms with E-state index in [2.05, 4.69) is 27.2 Å². The fourth-order valence-electron chi connectivity index (χ4n) is 0.708. The largest absolute Gasteiger partial charge is 0.420 e. The Morgan fingerprint density at radius 2 is 2.31 bits per heavy atom. The first-order valence-electron chi connectivity index (χ1n) is 3.43. The molecule has 0 atom stereocenters. The lowest BCUT2D eigenvalue weighted by molar-refractivity contribution is -0.129. The van der Waals surface area contributed by atoms with E-state index in [-0.39, 0.29) is 5.75 Å². The Hall–Kier alpha value is -1.16. The van der Waals surface area contributed by atoms with Crippen LogP contribution >= 0.6 is 15.9 Å². The molecule has 13 heavy (non-hydrogen) atoms. The van der Waals surface area contributed by atoms with Crippen molar-refractivity contribution in [2.45, 2.75) is 0 Å². The van der Waals surface area contributed by atoms with Gasteiger partial charge in [0.15, 0.2) is 11.6 Å². The van der Waals surface area contributed by atoms with E-state index < -0.39 is 11.8 Å². The van der Waals surface area contributed by atoms with Gasteiger partial charge in [-0.2, -0.15) is 0 Å². The summed E-state index contributed by atoms with van der Waals surface area (Å²) in [4.78, 5) is 10.7. The number of rotatable bonds is 2. The normalized spacial score (nSPS) is 9.38. The Morgan fingerprint density at radius 3 is 2.85 bits per heavy atom. The quantitative estimate of drug-likeness (QED) is 0.455. The molecule has 0 saturated heterocycles. The van der Waals surface area contributed by atoms with Crippen molar-refractivity contribution >= 4 is 21.9 Å². The third kappa shape index (κ3) is 2.66. The molecule has 68 valence electrons.